The van der Waals surface area contributed by atoms with Crippen LogP contribution in [0.25, 0.3) is 0 Å². The second-order valence-electron chi connectivity index (χ2n) is 8.29. The fraction of sp³-hybridized carbons (Fsp3) is 0.143. The Balaban J connectivity index is 1.81. The number of benzene rings is 3. The summed E-state index contributed by atoms with van der Waals surface area (Å²) < 4.78 is 5.45. The monoisotopic (exact) mass is 485 g/mol. The number of ether oxygens (including phenoxy) is 1. The van der Waals surface area contributed by atoms with Crippen molar-refractivity contribution in [3.05, 3.63) is 99.4 Å². The number of nitrogens with two attached hydrogens (primary N) is 1. The largest absolute Gasteiger partial charge is 0.495 e. The van der Waals surface area contributed by atoms with Gasteiger partial charge in [-0.25, -0.2) is 0 Å². The Bertz CT molecular complexity index is 1420. The van der Waals surface area contributed by atoms with Crippen molar-refractivity contribution in [1.29, 1.82) is 0 Å². The Hall–Kier alpha value is -4.10. The molecule has 0 atom stereocenters. The molecule has 0 aliphatic rings. The number of hydrogen-bond donors (Lipinski definition) is 3. The first-order valence-corrected chi connectivity index (χ1v) is 11.9. The van der Waals surface area contributed by atoms with E-state index in [-0.39, 0.29) is 17.0 Å². The number of aryl methyl sites for hydroxylation is 3. The topological polar surface area (TPSA) is 93.4 Å². The minimum atomic E-state index is -0.398. The molecule has 4 N–H and O–H groups in total. The summed E-state index contributed by atoms with van der Waals surface area (Å²) in [4.78, 5) is 27.3. The number of carbonyl (C=O) groups excluding carboxylic acids is 2. The van der Waals surface area contributed by atoms with Gasteiger partial charge < -0.3 is 21.1 Å². The van der Waals surface area contributed by atoms with Crippen molar-refractivity contribution in [3.63, 3.8) is 0 Å². The highest BCUT2D eigenvalue weighted by molar-refractivity contribution is 7.19. The average molecular weight is 486 g/mol. The van der Waals surface area contributed by atoms with Gasteiger partial charge in [0.2, 0.25) is 5.78 Å². The number of nitrogen functional groups attached to an aromatic ring is 1. The number of rotatable bonds is 7. The second kappa shape index (κ2) is 10.0. The summed E-state index contributed by atoms with van der Waals surface area (Å²) in [7, 11) is 1.57. The van der Waals surface area contributed by atoms with Gasteiger partial charge in [0.1, 0.15) is 15.6 Å². The van der Waals surface area contributed by atoms with Gasteiger partial charge in [0.15, 0.2) is 0 Å². The third-order valence-corrected chi connectivity index (χ3v) is 6.87. The second-order valence-corrected chi connectivity index (χ2v) is 9.31. The van der Waals surface area contributed by atoms with Crippen molar-refractivity contribution in [3.8, 4) is 5.75 Å². The maximum atomic E-state index is 13.5. The Kier molecular flexibility index (Phi) is 6.89. The predicted molar refractivity (Wildman–Crippen MR) is 143 cm³/mol. The Labute approximate surface area is 208 Å². The zero-order chi connectivity index (χ0) is 25.1. The van der Waals surface area contributed by atoms with E-state index in [0.29, 0.717) is 32.6 Å². The minimum Gasteiger partial charge on any atom is -0.495 e. The molecule has 1 amide bonds. The predicted octanol–water partition coefficient (Wildman–Crippen LogP) is 6.49. The fourth-order valence-electron chi connectivity index (χ4n) is 3.88. The van der Waals surface area contributed by atoms with E-state index in [2.05, 4.69) is 10.6 Å². The van der Waals surface area contributed by atoms with E-state index in [1.54, 1.807) is 13.2 Å². The van der Waals surface area contributed by atoms with Crippen molar-refractivity contribution in [1.82, 2.24) is 0 Å². The summed E-state index contributed by atoms with van der Waals surface area (Å²) in [5, 5.41) is 6.67. The summed E-state index contributed by atoms with van der Waals surface area (Å²) in [5.41, 5.74) is 11.6. The first kappa shape index (κ1) is 24.0. The number of carbonyl (C=O) groups is 2. The van der Waals surface area contributed by atoms with Crippen molar-refractivity contribution >= 4 is 45.1 Å². The van der Waals surface area contributed by atoms with Crippen LogP contribution in [0.2, 0.25) is 0 Å². The number of hydrogen-bond acceptors (Lipinski definition) is 6. The molecule has 35 heavy (non-hydrogen) atoms. The molecule has 178 valence electrons. The van der Waals surface area contributed by atoms with E-state index in [9.17, 15) is 9.59 Å². The molecule has 0 radical (unpaired) electrons. The Morgan fingerprint density at radius 2 is 1.57 bits per heavy atom. The van der Waals surface area contributed by atoms with Crippen molar-refractivity contribution < 1.29 is 14.3 Å². The molecular weight excluding hydrogens is 458 g/mol. The van der Waals surface area contributed by atoms with Crippen molar-refractivity contribution in [2.24, 2.45) is 0 Å². The highest BCUT2D eigenvalue weighted by atomic mass is 32.1. The van der Waals surface area contributed by atoms with E-state index < -0.39 is 5.91 Å². The first-order valence-electron chi connectivity index (χ1n) is 11.1. The number of amides is 1. The lowest BCUT2D eigenvalue weighted by molar-refractivity contribution is 0.102. The Morgan fingerprint density at radius 1 is 0.886 bits per heavy atom. The maximum Gasteiger partial charge on any atom is 0.260 e. The molecule has 6 nitrogen and oxygen atoms in total. The van der Waals surface area contributed by atoms with Crippen LogP contribution in [0.1, 0.15) is 42.3 Å². The average Bonchev–Trinajstić information content (AvgIpc) is 3.16. The highest BCUT2D eigenvalue weighted by Crippen LogP contribution is 2.41. The molecule has 0 bridgehead atoms. The van der Waals surface area contributed by atoms with Crippen molar-refractivity contribution in [2.75, 3.05) is 23.5 Å². The number of methoxy groups -OCH3 is 1. The molecule has 4 aromatic rings. The third-order valence-electron chi connectivity index (χ3n) is 5.75. The minimum absolute atomic E-state index is 0.142. The SMILES string of the molecule is COc1ccccc1Nc1sc(C(=O)c2ccc(C)cc2C)c(N)c1C(=O)Nc1ccccc1C. The molecule has 0 saturated heterocycles. The number of para-hydroxylation sites is 3. The molecule has 4 rings (SSSR count). The lowest BCUT2D eigenvalue weighted by Crippen LogP contribution is -2.16. The van der Waals surface area contributed by atoms with Gasteiger partial charge in [0.05, 0.1) is 24.0 Å². The van der Waals surface area contributed by atoms with Gasteiger partial charge in [-0.15, -0.1) is 11.3 Å². The van der Waals surface area contributed by atoms with Crippen LogP contribution in [0.4, 0.5) is 22.1 Å². The molecule has 7 heteroatoms. The van der Waals surface area contributed by atoms with Gasteiger partial charge in [-0.1, -0.05) is 54.1 Å². The zero-order valence-corrected chi connectivity index (χ0v) is 20.9. The molecule has 0 aliphatic heterocycles. The molecule has 0 aliphatic carbocycles. The van der Waals surface area contributed by atoms with Gasteiger partial charge in [-0.3, -0.25) is 9.59 Å². The quantitative estimate of drug-likeness (QED) is 0.260. The number of thiophene rings is 1. The van der Waals surface area contributed by atoms with Crippen LogP contribution in [0, 0.1) is 20.8 Å². The van der Waals surface area contributed by atoms with Gasteiger partial charge in [-0.2, -0.15) is 0 Å². The Morgan fingerprint density at radius 3 is 2.26 bits per heavy atom. The molecule has 1 aromatic heterocycles. The van der Waals surface area contributed by atoms with Crippen LogP contribution in [0.15, 0.2) is 66.7 Å². The van der Waals surface area contributed by atoms with E-state index in [1.165, 1.54) is 0 Å². The van der Waals surface area contributed by atoms with Crippen LogP contribution in [0.3, 0.4) is 0 Å². The summed E-state index contributed by atoms with van der Waals surface area (Å²) in [6, 6.07) is 20.5. The summed E-state index contributed by atoms with van der Waals surface area (Å²) in [6.45, 7) is 5.78. The molecule has 1 heterocycles. The molecular formula is C28H27N3O3S. The standard InChI is InChI=1S/C28H27N3O3S/c1-16-13-14-19(18(3)15-16)25(32)26-24(29)23(27(33)30-20-10-6-5-9-17(20)2)28(35-26)31-21-11-7-8-12-22(21)34-4/h5-15,31H,29H2,1-4H3,(H,30,33). The smallest absolute Gasteiger partial charge is 0.260 e. The molecule has 0 spiro atoms. The third kappa shape index (κ3) is 4.90. The van der Waals surface area contributed by atoms with Gasteiger partial charge in [-0.05, 0) is 50.1 Å². The maximum absolute atomic E-state index is 13.5. The van der Waals surface area contributed by atoms with E-state index in [1.807, 2.05) is 81.4 Å². The summed E-state index contributed by atoms with van der Waals surface area (Å²) in [6.07, 6.45) is 0. The van der Waals surface area contributed by atoms with Crippen LogP contribution in [-0.4, -0.2) is 18.8 Å². The number of nitrogens with one attached hydrogen (secondary N) is 2. The van der Waals surface area contributed by atoms with Gasteiger partial charge in [0, 0.05) is 11.3 Å². The highest BCUT2D eigenvalue weighted by Gasteiger charge is 2.28. The summed E-state index contributed by atoms with van der Waals surface area (Å²) in [5.74, 6) is -0.0138. The lowest BCUT2D eigenvalue weighted by Gasteiger charge is -2.12. The normalized spacial score (nSPS) is 10.6. The van der Waals surface area contributed by atoms with Crippen molar-refractivity contribution in [2.45, 2.75) is 20.8 Å². The molecule has 0 fully saturated rings. The molecule has 0 unspecified atom stereocenters. The number of ketones is 1. The fourth-order valence-corrected chi connectivity index (χ4v) is 4.97. The number of anilines is 4. The van der Waals surface area contributed by atoms with Crippen LogP contribution in [-0.2, 0) is 0 Å². The lowest BCUT2D eigenvalue weighted by atomic mass is 10.0. The van der Waals surface area contributed by atoms with Gasteiger partial charge in [0.25, 0.3) is 5.91 Å². The van der Waals surface area contributed by atoms with Gasteiger partial charge >= 0.3 is 0 Å². The summed E-state index contributed by atoms with van der Waals surface area (Å²) >= 11 is 1.16. The van der Waals surface area contributed by atoms with Crippen LogP contribution >= 0.6 is 11.3 Å². The van der Waals surface area contributed by atoms with Crippen LogP contribution < -0.4 is 21.1 Å². The first-order chi connectivity index (χ1) is 16.8. The zero-order valence-electron chi connectivity index (χ0n) is 20.1. The molecule has 0 saturated carbocycles. The molecule has 3 aromatic carbocycles. The van der Waals surface area contributed by atoms with E-state index >= 15 is 0 Å². The van der Waals surface area contributed by atoms with E-state index in [0.717, 1.165) is 28.0 Å². The van der Waals surface area contributed by atoms with E-state index in [4.69, 9.17) is 10.5 Å². The van der Waals surface area contributed by atoms with Crippen LogP contribution in [0.5, 0.6) is 5.75 Å².